The maximum atomic E-state index is 12.1. The van der Waals surface area contributed by atoms with Crippen molar-refractivity contribution >= 4 is 28.3 Å². The highest BCUT2D eigenvalue weighted by Crippen LogP contribution is 2.34. The number of anilines is 2. The molecule has 0 atom stereocenters. The number of piperidine rings is 1. The Kier molecular flexibility index (Phi) is 5.28. The first-order chi connectivity index (χ1) is 16.7. The largest absolute Gasteiger partial charge is 0.370 e. The van der Waals surface area contributed by atoms with Crippen LogP contribution in [0.1, 0.15) is 32.1 Å². The maximum absolute atomic E-state index is 12.1. The summed E-state index contributed by atoms with van der Waals surface area (Å²) in [6.45, 7) is 3.01. The Hall–Kier alpha value is -3.67. The van der Waals surface area contributed by atoms with E-state index < -0.39 is 0 Å². The van der Waals surface area contributed by atoms with Crippen molar-refractivity contribution in [3.63, 3.8) is 0 Å². The topological polar surface area (TPSA) is 54.3 Å². The van der Waals surface area contributed by atoms with Gasteiger partial charge in [-0.1, -0.05) is 12.1 Å². The number of nitrogens with zero attached hydrogens (tertiary/aromatic N) is 5. The lowest BCUT2D eigenvalue weighted by Gasteiger charge is -2.28. The molecule has 0 saturated carbocycles. The van der Waals surface area contributed by atoms with Crippen LogP contribution in [0.2, 0.25) is 0 Å². The summed E-state index contributed by atoms with van der Waals surface area (Å²) in [6, 6.07) is 12.7. The molecule has 5 heterocycles. The number of hydrogen-bond donors (Lipinski definition) is 0. The third-order valence-electron chi connectivity index (χ3n) is 7.16. The van der Waals surface area contributed by atoms with E-state index in [9.17, 15) is 4.79 Å². The van der Waals surface area contributed by atoms with E-state index in [0.29, 0.717) is 6.42 Å². The fourth-order valence-electron chi connectivity index (χ4n) is 5.31. The smallest absolute Gasteiger partial charge is 0.227 e. The van der Waals surface area contributed by atoms with Gasteiger partial charge in [0.15, 0.2) is 0 Å². The quantitative estimate of drug-likeness (QED) is 0.416. The molecule has 3 aromatic heterocycles. The Balaban J connectivity index is 1.35. The number of carbonyl (C=O) groups excluding carboxylic acids is 1. The molecule has 34 heavy (non-hydrogen) atoms. The molecular formula is C28H29N5O. The van der Waals surface area contributed by atoms with Gasteiger partial charge >= 0.3 is 0 Å². The second kappa shape index (κ2) is 8.60. The van der Waals surface area contributed by atoms with Crippen LogP contribution in [0.3, 0.4) is 0 Å². The van der Waals surface area contributed by atoms with Crippen LogP contribution in [0.15, 0.2) is 61.2 Å². The van der Waals surface area contributed by atoms with Crippen LogP contribution in [-0.4, -0.2) is 40.1 Å². The lowest BCUT2D eigenvalue weighted by atomic mass is 10.0. The third kappa shape index (κ3) is 3.73. The zero-order valence-electron chi connectivity index (χ0n) is 19.6. The number of aromatic nitrogens is 3. The molecule has 0 unspecified atom stereocenters. The van der Waals surface area contributed by atoms with Gasteiger partial charge in [0, 0.05) is 79.5 Å². The standard InChI is InChI=1S/C28H29N5O/c1-31-19-26(25-15-24(18-30-28(25)31)32-11-3-2-4-12-32)22-14-21(16-29-17-22)20-7-9-23(10-8-20)33-13-5-6-27(33)34/h7-10,14-19H,2-6,11-13H2,1H3. The summed E-state index contributed by atoms with van der Waals surface area (Å²) < 4.78 is 2.10. The molecule has 0 bridgehead atoms. The Labute approximate surface area is 199 Å². The monoisotopic (exact) mass is 451 g/mol. The highest BCUT2D eigenvalue weighted by Gasteiger charge is 2.21. The van der Waals surface area contributed by atoms with Gasteiger partial charge in [-0.05, 0) is 55.5 Å². The molecule has 0 aliphatic carbocycles. The van der Waals surface area contributed by atoms with E-state index in [0.717, 1.165) is 65.0 Å². The minimum absolute atomic E-state index is 0.213. The van der Waals surface area contributed by atoms with Gasteiger partial charge in [0.2, 0.25) is 5.91 Å². The van der Waals surface area contributed by atoms with Crippen LogP contribution in [-0.2, 0) is 11.8 Å². The van der Waals surface area contributed by atoms with Crippen molar-refractivity contribution in [3.8, 4) is 22.3 Å². The molecule has 2 saturated heterocycles. The highest BCUT2D eigenvalue weighted by molar-refractivity contribution is 5.97. The number of hydrogen-bond acceptors (Lipinski definition) is 4. The van der Waals surface area contributed by atoms with Gasteiger partial charge < -0.3 is 14.4 Å². The Morgan fingerprint density at radius 3 is 2.35 bits per heavy atom. The average molecular weight is 452 g/mol. The van der Waals surface area contributed by atoms with Gasteiger partial charge in [0.05, 0.1) is 11.9 Å². The normalized spacial score (nSPS) is 16.6. The van der Waals surface area contributed by atoms with Gasteiger partial charge in [-0.15, -0.1) is 0 Å². The van der Waals surface area contributed by atoms with E-state index in [4.69, 9.17) is 4.98 Å². The number of amides is 1. The fourth-order valence-corrected chi connectivity index (χ4v) is 5.31. The van der Waals surface area contributed by atoms with Gasteiger partial charge in [-0.25, -0.2) is 4.98 Å². The molecular weight excluding hydrogens is 422 g/mol. The minimum atomic E-state index is 0.213. The predicted molar refractivity (Wildman–Crippen MR) is 137 cm³/mol. The molecule has 0 spiro atoms. The van der Waals surface area contributed by atoms with Crippen molar-refractivity contribution in [2.24, 2.45) is 7.05 Å². The molecule has 2 aliphatic heterocycles. The minimum Gasteiger partial charge on any atom is -0.370 e. The van der Waals surface area contributed by atoms with Gasteiger partial charge in [0.1, 0.15) is 5.65 Å². The SMILES string of the molecule is Cn1cc(-c2cncc(-c3ccc(N4CCCC4=O)cc3)c2)c2cc(N3CCCCC3)cnc21. The summed E-state index contributed by atoms with van der Waals surface area (Å²) in [5.41, 5.74) is 7.56. The van der Waals surface area contributed by atoms with E-state index in [1.54, 1.807) is 0 Å². The number of carbonyl (C=O) groups is 1. The summed E-state index contributed by atoms with van der Waals surface area (Å²) >= 11 is 0. The van der Waals surface area contributed by atoms with Crippen molar-refractivity contribution in [1.82, 2.24) is 14.5 Å². The molecule has 0 N–H and O–H groups in total. The van der Waals surface area contributed by atoms with Crippen LogP contribution < -0.4 is 9.80 Å². The van der Waals surface area contributed by atoms with E-state index in [2.05, 4.69) is 52.0 Å². The van der Waals surface area contributed by atoms with Crippen LogP contribution in [0.5, 0.6) is 0 Å². The number of aryl methyl sites for hydroxylation is 1. The zero-order valence-corrected chi connectivity index (χ0v) is 19.6. The average Bonchev–Trinajstić information content (AvgIpc) is 3.47. The molecule has 6 nitrogen and oxygen atoms in total. The third-order valence-corrected chi connectivity index (χ3v) is 7.16. The highest BCUT2D eigenvalue weighted by atomic mass is 16.2. The summed E-state index contributed by atoms with van der Waals surface area (Å²) in [7, 11) is 2.05. The number of pyridine rings is 2. The summed E-state index contributed by atoms with van der Waals surface area (Å²) in [5, 5.41) is 1.16. The summed E-state index contributed by atoms with van der Waals surface area (Å²) in [6.07, 6.45) is 13.4. The van der Waals surface area contributed by atoms with Gasteiger partial charge in [0.25, 0.3) is 0 Å². The first-order valence-electron chi connectivity index (χ1n) is 12.2. The number of rotatable bonds is 4. The molecule has 6 heteroatoms. The molecule has 172 valence electrons. The molecule has 4 aromatic rings. The van der Waals surface area contributed by atoms with E-state index >= 15 is 0 Å². The molecule has 2 aliphatic rings. The van der Waals surface area contributed by atoms with Crippen molar-refractivity contribution < 1.29 is 4.79 Å². The molecule has 2 fully saturated rings. The summed E-state index contributed by atoms with van der Waals surface area (Å²) in [5.74, 6) is 0.213. The lowest BCUT2D eigenvalue weighted by Crippen LogP contribution is -2.29. The Morgan fingerprint density at radius 2 is 1.59 bits per heavy atom. The molecule has 6 rings (SSSR count). The van der Waals surface area contributed by atoms with Crippen molar-refractivity contribution in [1.29, 1.82) is 0 Å². The molecule has 0 radical (unpaired) electrons. The second-order valence-electron chi connectivity index (χ2n) is 9.42. The second-order valence-corrected chi connectivity index (χ2v) is 9.42. The predicted octanol–water partition coefficient (Wildman–Crippen LogP) is 5.42. The van der Waals surface area contributed by atoms with E-state index in [-0.39, 0.29) is 5.91 Å². The lowest BCUT2D eigenvalue weighted by molar-refractivity contribution is -0.117. The van der Waals surface area contributed by atoms with Gasteiger partial charge in [-0.3, -0.25) is 9.78 Å². The zero-order chi connectivity index (χ0) is 23.1. The van der Waals surface area contributed by atoms with Crippen molar-refractivity contribution in [3.05, 3.63) is 61.2 Å². The van der Waals surface area contributed by atoms with Crippen molar-refractivity contribution in [2.75, 3.05) is 29.4 Å². The van der Waals surface area contributed by atoms with Crippen molar-refractivity contribution in [2.45, 2.75) is 32.1 Å². The van der Waals surface area contributed by atoms with Crippen LogP contribution in [0.4, 0.5) is 11.4 Å². The van der Waals surface area contributed by atoms with E-state index in [1.165, 1.54) is 24.9 Å². The molecule has 1 amide bonds. The Morgan fingerprint density at radius 1 is 0.794 bits per heavy atom. The maximum Gasteiger partial charge on any atom is 0.227 e. The molecule has 1 aromatic carbocycles. The van der Waals surface area contributed by atoms with Crippen LogP contribution in [0.25, 0.3) is 33.3 Å². The van der Waals surface area contributed by atoms with Crippen LogP contribution in [0, 0.1) is 0 Å². The number of benzene rings is 1. The Bertz CT molecular complexity index is 1350. The first-order valence-corrected chi connectivity index (χ1v) is 12.2. The van der Waals surface area contributed by atoms with Crippen LogP contribution >= 0.6 is 0 Å². The summed E-state index contributed by atoms with van der Waals surface area (Å²) in [4.78, 5) is 25.8. The van der Waals surface area contributed by atoms with Gasteiger partial charge in [-0.2, -0.15) is 0 Å². The van der Waals surface area contributed by atoms with E-state index in [1.807, 2.05) is 35.6 Å². The first kappa shape index (κ1) is 20.9. The fraction of sp³-hybridized carbons (Fsp3) is 0.321. The number of fused-ring (bicyclic) bond motifs is 1.